The monoisotopic (exact) mass is 388 g/mol. The Kier molecular flexibility index (Phi) is 11.9. The van der Waals surface area contributed by atoms with Crippen LogP contribution in [-0.2, 0) is 5.33 Å². The van der Waals surface area contributed by atoms with Gasteiger partial charge in [0.15, 0.2) is 0 Å². The molecule has 0 aliphatic carbocycles. The van der Waals surface area contributed by atoms with Crippen LogP contribution in [0.3, 0.4) is 0 Å². The van der Waals surface area contributed by atoms with Crippen LogP contribution in [0.1, 0.15) is 76.7 Å². The van der Waals surface area contributed by atoms with Gasteiger partial charge >= 0.3 is 0 Å². The zero-order valence-electron chi connectivity index (χ0n) is 13.9. The van der Waals surface area contributed by atoms with Gasteiger partial charge in [0.1, 0.15) is 5.75 Å². The summed E-state index contributed by atoms with van der Waals surface area (Å²) in [7, 11) is 0. The van der Waals surface area contributed by atoms with Crippen molar-refractivity contribution in [3.8, 4) is 5.75 Å². The van der Waals surface area contributed by atoms with E-state index in [4.69, 9.17) is 16.3 Å². The predicted molar refractivity (Wildman–Crippen MR) is 101 cm³/mol. The van der Waals surface area contributed by atoms with E-state index in [2.05, 4.69) is 22.9 Å². The summed E-state index contributed by atoms with van der Waals surface area (Å²) >= 11 is 9.58. The highest BCUT2D eigenvalue weighted by molar-refractivity contribution is 9.08. The van der Waals surface area contributed by atoms with Crippen molar-refractivity contribution in [2.45, 2.75) is 76.5 Å². The molecule has 1 nitrogen and oxygen atoms in total. The molecule has 1 aromatic carbocycles. The van der Waals surface area contributed by atoms with Gasteiger partial charge in [-0.3, -0.25) is 0 Å². The normalized spacial score (nSPS) is 10.9. The molecule has 0 unspecified atom stereocenters. The Labute approximate surface area is 149 Å². The molecule has 0 atom stereocenters. The van der Waals surface area contributed by atoms with Crippen molar-refractivity contribution in [3.63, 3.8) is 0 Å². The first-order valence-corrected chi connectivity index (χ1v) is 10.2. The number of halogens is 2. The van der Waals surface area contributed by atoms with Crippen LogP contribution in [0.15, 0.2) is 18.2 Å². The van der Waals surface area contributed by atoms with Crippen molar-refractivity contribution in [3.05, 3.63) is 28.8 Å². The van der Waals surface area contributed by atoms with Crippen LogP contribution in [-0.4, -0.2) is 6.61 Å². The average Bonchev–Trinajstić information content (AvgIpc) is 2.53. The Hall–Kier alpha value is -0.210. The summed E-state index contributed by atoms with van der Waals surface area (Å²) in [6, 6.07) is 5.93. The van der Waals surface area contributed by atoms with Gasteiger partial charge in [-0.15, -0.1) is 0 Å². The van der Waals surface area contributed by atoms with E-state index >= 15 is 0 Å². The minimum atomic E-state index is 0.775. The molecule has 0 bridgehead atoms. The molecule has 0 aliphatic rings. The van der Waals surface area contributed by atoms with Gasteiger partial charge in [0.25, 0.3) is 0 Å². The lowest BCUT2D eigenvalue weighted by molar-refractivity contribution is 0.304. The second-order valence-electron chi connectivity index (χ2n) is 5.92. The standard InChI is InChI=1S/C19H30BrClO/c1-2-3-4-5-6-7-8-9-10-11-14-22-18-13-12-17(16-20)19(21)15-18/h12-13,15H,2-11,14,16H2,1H3. The maximum absolute atomic E-state index is 6.16. The first-order valence-electron chi connectivity index (χ1n) is 8.75. The van der Waals surface area contributed by atoms with E-state index in [1.807, 2.05) is 18.2 Å². The first kappa shape index (κ1) is 19.8. The molecule has 0 aromatic heterocycles. The van der Waals surface area contributed by atoms with Gasteiger partial charge in [0.05, 0.1) is 6.61 Å². The Morgan fingerprint density at radius 3 is 2.05 bits per heavy atom. The number of hydrogen-bond acceptors (Lipinski definition) is 1. The van der Waals surface area contributed by atoms with E-state index in [9.17, 15) is 0 Å². The lowest BCUT2D eigenvalue weighted by atomic mass is 10.1. The van der Waals surface area contributed by atoms with Crippen molar-refractivity contribution in [2.24, 2.45) is 0 Å². The van der Waals surface area contributed by atoms with Crippen LogP contribution in [0.4, 0.5) is 0 Å². The Morgan fingerprint density at radius 1 is 0.909 bits per heavy atom. The largest absolute Gasteiger partial charge is 0.494 e. The van der Waals surface area contributed by atoms with Crippen molar-refractivity contribution in [1.29, 1.82) is 0 Å². The Bertz CT molecular complexity index is 395. The van der Waals surface area contributed by atoms with Gasteiger partial charge in [-0.2, -0.15) is 0 Å². The molecule has 0 heterocycles. The predicted octanol–water partition coefficient (Wildman–Crippen LogP) is 7.53. The zero-order valence-corrected chi connectivity index (χ0v) is 16.2. The quantitative estimate of drug-likeness (QED) is 0.250. The first-order chi connectivity index (χ1) is 10.8. The van der Waals surface area contributed by atoms with Crippen LogP contribution < -0.4 is 4.74 Å². The van der Waals surface area contributed by atoms with Gasteiger partial charge in [-0.1, -0.05) is 98.3 Å². The van der Waals surface area contributed by atoms with Gasteiger partial charge in [0.2, 0.25) is 0 Å². The highest BCUT2D eigenvalue weighted by atomic mass is 79.9. The van der Waals surface area contributed by atoms with Gasteiger partial charge in [0, 0.05) is 10.4 Å². The average molecular weight is 390 g/mol. The van der Waals surface area contributed by atoms with Crippen LogP contribution in [0.2, 0.25) is 5.02 Å². The summed E-state index contributed by atoms with van der Waals surface area (Å²) < 4.78 is 5.76. The van der Waals surface area contributed by atoms with Crippen LogP contribution >= 0.6 is 27.5 Å². The third-order valence-electron chi connectivity index (χ3n) is 3.94. The molecular formula is C19H30BrClO. The number of alkyl halides is 1. The van der Waals surface area contributed by atoms with Crippen LogP contribution in [0, 0.1) is 0 Å². The summed E-state index contributed by atoms with van der Waals surface area (Å²) in [6.45, 7) is 3.06. The van der Waals surface area contributed by atoms with Gasteiger partial charge in [-0.05, 0) is 24.1 Å². The Morgan fingerprint density at radius 2 is 1.50 bits per heavy atom. The summed E-state index contributed by atoms with van der Waals surface area (Å²) in [6.07, 6.45) is 13.5. The molecule has 0 spiro atoms. The molecule has 126 valence electrons. The van der Waals surface area contributed by atoms with Crippen molar-refractivity contribution in [1.82, 2.24) is 0 Å². The topological polar surface area (TPSA) is 9.23 Å². The molecule has 0 amide bonds. The fraction of sp³-hybridized carbons (Fsp3) is 0.684. The second-order valence-corrected chi connectivity index (χ2v) is 6.89. The molecule has 0 aliphatic heterocycles. The third kappa shape index (κ3) is 9.05. The maximum Gasteiger partial charge on any atom is 0.120 e. The molecule has 0 saturated heterocycles. The highest BCUT2D eigenvalue weighted by Crippen LogP contribution is 2.24. The molecule has 3 heteroatoms. The van der Waals surface area contributed by atoms with E-state index < -0.39 is 0 Å². The molecule has 0 N–H and O–H groups in total. The molecule has 22 heavy (non-hydrogen) atoms. The second kappa shape index (κ2) is 13.2. The summed E-state index contributed by atoms with van der Waals surface area (Å²) in [4.78, 5) is 0. The molecule has 0 saturated carbocycles. The fourth-order valence-corrected chi connectivity index (χ4v) is 3.39. The van der Waals surface area contributed by atoms with Crippen LogP contribution in [0.5, 0.6) is 5.75 Å². The minimum absolute atomic E-state index is 0.775. The minimum Gasteiger partial charge on any atom is -0.494 e. The molecule has 1 rings (SSSR count). The summed E-state index contributed by atoms with van der Waals surface area (Å²) in [5.41, 5.74) is 1.10. The number of rotatable bonds is 13. The summed E-state index contributed by atoms with van der Waals surface area (Å²) in [5, 5.41) is 1.56. The lowest BCUT2D eigenvalue weighted by Gasteiger charge is -2.08. The molecular weight excluding hydrogens is 360 g/mol. The number of benzene rings is 1. The Balaban J connectivity index is 1.96. The number of hydrogen-bond donors (Lipinski definition) is 0. The van der Waals surface area contributed by atoms with Crippen LogP contribution in [0.25, 0.3) is 0 Å². The number of unbranched alkanes of at least 4 members (excludes halogenated alkanes) is 9. The fourth-order valence-electron chi connectivity index (χ4n) is 2.51. The number of ether oxygens (including phenoxy) is 1. The van der Waals surface area contributed by atoms with Crippen molar-refractivity contribution < 1.29 is 4.74 Å². The zero-order chi connectivity index (χ0) is 16.0. The lowest BCUT2D eigenvalue weighted by Crippen LogP contribution is -1.97. The molecule has 0 fully saturated rings. The third-order valence-corrected chi connectivity index (χ3v) is 4.89. The van der Waals surface area contributed by atoms with Gasteiger partial charge in [-0.25, -0.2) is 0 Å². The molecule has 1 aromatic rings. The SMILES string of the molecule is CCCCCCCCCCCCOc1ccc(CBr)c(Cl)c1. The van der Waals surface area contributed by atoms with Crippen molar-refractivity contribution >= 4 is 27.5 Å². The highest BCUT2D eigenvalue weighted by Gasteiger charge is 2.01. The summed E-state index contributed by atoms with van der Waals surface area (Å²) in [5.74, 6) is 0.880. The van der Waals surface area contributed by atoms with E-state index in [1.165, 1.54) is 57.8 Å². The van der Waals surface area contributed by atoms with E-state index in [1.54, 1.807) is 0 Å². The van der Waals surface area contributed by atoms with E-state index in [-0.39, 0.29) is 0 Å². The van der Waals surface area contributed by atoms with E-state index in [0.717, 1.165) is 34.7 Å². The molecule has 0 radical (unpaired) electrons. The smallest absolute Gasteiger partial charge is 0.120 e. The van der Waals surface area contributed by atoms with Gasteiger partial charge < -0.3 is 4.74 Å². The maximum atomic E-state index is 6.16. The van der Waals surface area contributed by atoms with Crippen molar-refractivity contribution in [2.75, 3.05) is 6.61 Å². The van der Waals surface area contributed by atoms with E-state index in [0.29, 0.717) is 0 Å².